The quantitative estimate of drug-likeness (QED) is 0.318. The minimum absolute atomic E-state index is 0. The van der Waals surface area contributed by atoms with Crippen LogP contribution < -0.4 is 10.6 Å². The van der Waals surface area contributed by atoms with E-state index in [2.05, 4.69) is 41.5 Å². The Balaban J connectivity index is 0.00000280. The first kappa shape index (κ1) is 23.7. The second-order valence-corrected chi connectivity index (χ2v) is 8.84. The molecule has 2 unspecified atom stereocenters. The Morgan fingerprint density at radius 1 is 1.14 bits per heavy atom. The van der Waals surface area contributed by atoms with Gasteiger partial charge in [0, 0.05) is 37.6 Å². The molecule has 162 valence electrons. The summed E-state index contributed by atoms with van der Waals surface area (Å²) >= 11 is 0. The van der Waals surface area contributed by atoms with Gasteiger partial charge in [-0.15, -0.1) is 24.0 Å². The number of amides is 1. The molecule has 0 spiro atoms. The van der Waals surface area contributed by atoms with E-state index in [-0.39, 0.29) is 29.9 Å². The largest absolute Gasteiger partial charge is 0.357 e. The highest BCUT2D eigenvalue weighted by Crippen LogP contribution is 2.34. The zero-order chi connectivity index (χ0) is 19.2. The minimum atomic E-state index is 0. The van der Waals surface area contributed by atoms with Crippen LogP contribution in [0.1, 0.15) is 58.3 Å². The van der Waals surface area contributed by atoms with Crippen LogP contribution in [-0.2, 0) is 4.79 Å². The van der Waals surface area contributed by atoms with Crippen molar-refractivity contribution >= 4 is 35.8 Å². The molecule has 2 aliphatic carbocycles. The molecule has 0 aromatic heterocycles. The summed E-state index contributed by atoms with van der Waals surface area (Å²) in [6.45, 7) is 5.51. The number of nitrogens with one attached hydrogen (secondary N) is 2. The lowest BCUT2D eigenvalue weighted by Crippen LogP contribution is -2.46. The fourth-order valence-electron chi connectivity index (χ4n) is 4.60. The highest BCUT2D eigenvalue weighted by atomic mass is 127. The number of carbonyl (C=O) groups excluding carboxylic acids is 1. The van der Waals surface area contributed by atoms with E-state index in [9.17, 15) is 4.79 Å². The van der Waals surface area contributed by atoms with Gasteiger partial charge < -0.3 is 20.4 Å². The van der Waals surface area contributed by atoms with Crippen molar-refractivity contribution in [1.82, 2.24) is 20.4 Å². The van der Waals surface area contributed by atoms with Crippen molar-refractivity contribution < 1.29 is 4.79 Å². The summed E-state index contributed by atoms with van der Waals surface area (Å²) in [4.78, 5) is 22.0. The predicted molar refractivity (Wildman–Crippen MR) is 126 cm³/mol. The van der Waals surface area contributed by atoms with Gasteiger partial charge in [0.1, 0.15) is 0 Å². The SMILES string of the molecule is CCNC(=NCC(C1CC1)N(C)C)NC1CCN(C(=O)C2CCCCC2)C1.I. The molecule has 1 heterocycles. The first-order valence-electron chi connectivity index (χ1n) is 11.1. The van der Waals surface area contributed by atoms with Crippen molar-refractivity contribution in [1.29, 1.82) is 0 Å². The van der Waals surface area contributed by atoms with Crippen LogP contribution >= 0.6 is 24.0 Å². The van der Waals surface area contributed by atoms with Crippen LogP contribution in [0.15, 0.2) is 4.99 Å². The lowest BCUT2D eigenvalue weighted by atomic mass is 9.88. The maximum Gasteiger partial charge on any atom is 0.225 e. The van der Waals surface area contributed by atoms with Gasteiger partial charge in [-0.1, -0.05) is 19.3 Å². The van der Waals surface area contributed by atoms with E-state index < -0.39 is 0 Å². The number of rotatable bonds is 7. The van der Waals surface area contributed by atoms with Gasteiger partial charge in [0.25, 0.3) is 0 Å². The Labute approximate surface area is 188 Å². The maximum atomic E-state index is 12.8. The number of guanidine groups is 1. The molecule has 3 aliphatic rings. The fourth-order valence-corrected chi connectivity index (χ4v) is 4.60. The number of hydrogen-bond donors (Lipinski definition) is 2. The summed E-state index contributed by atoms with van der Waals surface area (Å²) in [7, 11) is 4.31. The van der Waals surface area contributed by atoms with Crippen molar-refractivity contribution in [2.75, 3.05) is 40.3 Å². The summed E-state index contributed by atoms with van der Waals surface area (Å²) in [6.07, 6.45) is 9.60. The molecule has 3 rings (SSSR count). The van der Waals surface area contributed by atoms with Gasteiger partial charge in [0.05, 0.1) is 6.54 Å². The van der Waals surface area contributed by atoms with Crippen molar-refractivity contribution in [3.63, 3.8) is 0 Å². The van der Waals surface area contributed by atoms with E-state index in [4.69, 9.17) is 4.99 Å². The standard InChI is InChI=1S/C21H39N5O.HI/c1-4-22-21(23-14-19(25(2)3)16-10-11-16)24-18-12-13-26(15-18)20(27)17-8-6-5-7-9-17;/h16-19H,4-15H2,1-3H3,(H2,22,23,24);1H. The number of likely N-dealkylation sites (N-methyl/N-ethyl adjacent to an activating group) is 1. The lowest BCUT2D eigenvalue weighted by Gasteiger charge is -2.26. The third-order valence-electron chi connectivity index (χ3n) is 6.41. The molecule has 0 radical (unpaired) electrons. The van der Waals surface area contributed by atoms with Gasteiger partial charge >= 0.3 is 0 Å². The van der Waals surface area contributed by atoms with E-state index in [0.717, 1.165) is 57.3 Å². The van der Waals surface area contributed by atoms with E-state index in [1.807, 2.05) is 0 Å². The number of aliphatic imine (C=N–C) groups is 1. The molecule has 1 saturated heterocycles. The van der Waals surface area contributed by atoms with Gasteiger partial charge in [-0.05, 0) is 59.0 Å². The van der Waals surface area contributed by atoms with Crippen molar-refractivity contribution in [3.05, 3.63) is 0 Å². The Morgan fingerprint density at radius 3 is 2.46 bits per heavy atom. The van der Waals surface area contributed by atoms with Crippen molar-refractivity contribution in [2.45, 2.75) is 70.4 Å². The van der Waals surface area contributed by atoms with Crippen LogP contribution in [-0.4, -0.2) is 74.0 Å². The zero-order valence-corrected chi connectivity index (χ0v) is 20.3. The van der Waals surface area contributed by atoms with Crippen LogP contribution in [0.25, 0.3) is 0 Å². The number of nitrogens with zero attached hydrogens (tertiary/aromatic N) is 3. The van der Waals surface area contributed by atoms with Gasteiger partial charge in [0.2, 0.25) is 5.91 Å². The lowest BCUT2D eigenvalue weighted by molar-refractivity contribution is -0.135. The Bertz CT molecular complexity index is 515. The molecule has 2 N–H and O–H groups in total. The van der Waals surface area contributed by atoms with Crippen LogP contribution in [0, 0.1) is 11.8 Å². The zero-order valence-electron chi connectivity index (χ0n) is 18.0. The summed E-state index contributed by atoms with van der Waals surface area (Å²) in [5, 5.41) is 6.97. The topological polar surface area (TPSA) is 60.0 Å². The van der Waals surface area contributed by atoms with Crippen LogP contribution in [0.5, 0.6) is 0 Å². The van der Waals surface area contributed by atoms with Crippen molar-refractivity contribution in [2.24, 2.45) is 16.8 Å². The Hall–Kier alpha value is -0.570. The normalized spacial score (nSPS) is 24.8. The molecule has 7 heteroatoms. The van der Waals surface area contributed by atoms with Crippen LogP contribution in [0.2, 0.25) is 0 Å². The van der Waals surface area contributed by atoms with Crippen LogP contribution in [0.3, 0.4) is 0 Å². The highest BCUT2D eigenvalue weighted by molar-refractivity contribution is 14.0. The number of carbonyl (C=O) groups is 1. The molecule has 6 nitrogen and oxygen atoms in total. The molecule has 0 aromatic rings. The first-order valence-corrected chi connectivity index (χ1v) is 11.1. The summed E-state index contributed by atoms with van der Waals surface area (Å²) < 4.78 is 0. The second-order valence-electron chi connectivity index (χ2n) is 8.84. The summed E-state index contributed by atoms with van der Waals surface area (Å²) in [5.74, 6) is 2.38. The number of hydrogen-bond acceptors (Lipinski definition) is 3. The van der Waals surface area contributed by atoms with Gasteiger partial charge in [0.15, 0.2) is 5.96 Å². The average Bonchev–Trinajstić information content (AvgIpc) is 3.39. The van der Waals surface area contributed by atoms with E-state index >= 15 is 0 Å². The van der Waals surface area contributed by atoms with E-state index in [0.29, 0.717) is 18.0 Å². The molecule has 0 bridgehead atoms. The third-order valence-corrected chi connectivity index (χ3v) is 6.41. The van der Waals surface area contributed by atoms with Crippen molar-refractivity contribution in [3.8, 4) is 0 Å². The first-order chi connectivity index (χ1) is 13.1. The van der Waals surface area contributed by atoms with Gasteiger partial charge in [-0.2, -0.15) is 0 Å². The predicted octanol–water partition coefficient (Wildman–Crippen LogP) is 2.68. The van der Waals surface area contributed by atoms with E-state index in [1.165, 1.54) is 32.1 Å². The molecule has 2 saturated carbocycles. The minimum Gasteiger partial charge on any atom is -0.357 e. The highest BCUT2D eigenvalue weighted by Gasteiger charge is 2.33. The molecule has 0 aromatic carbocycles. The molecular formula is C21H40IN5O. The number of halogens is 1. The molecule has 1 amide bonds. The molecule has 3 fully saturated rings. The fraction of sp³-hybridized carbons (Fsp3) is 0.905. The third kappa shape index (κ3) is 6.75. The molecule has 2 atom stereocenters. The average molecular weight is 505 g/mol. The second kappa shape index (κ2) is 11.6. The van der Waals surface area contributed by atoms with Gasteiger partial charge in [-0.3, -0.25) is 9.79 Å². The Morgan fingerprint density at radius 2 is 1.86 bits per heavy atom. The monoisotopic (exact) mass is 505 g/mol. The molecule has 28 heavy (non-hydrogen) atoms. The molecule has 1 aliphatic heterocycles. The van der Waals surface area contributed by atoms with E-state index in [1.54, 1.807) is 0 Å². The van der Waals surface area contributed by atoms with Gasteiger partial charge in [-0.25, -0.2) is 0 Å². The summed E-state index contributed by atoms with van der Waals surface area (Å²) in [6, 6.07) is 0.850. The molecular weight excluding hydrogens is 465 g/mol. The summed E-state index contributed by atoms with van der Waals surface area (Å²) in [5.41, 5.74) is 0. The number of likely N-dealkylation sites (tertiary alicyclic amines) is 1. The van der Waals surface area contributed by atoms with Crippen LogP contribution in [0.4, 0.5) is 0 Å². The maximum absolute atomic E-state index is 12.8. The smallest absolute Gasteiger partial charge is 0.225 e. The Kier molecular flexibility index (Phi) is 9.80.